The predicted octanol–water partition coefficient (Wildman–Crippen LogP) is 2.12. The molecule has 1 saturated carbocycles. The maximum Gasteiger partial charge on any atom is 0.403 e. The average molecular weight is 548 g/mol. The Labute approximate surface area is 208 Å². The van der Waals surface area contributed by atoms with Crippen molar-refractivity contribution in [3.05, 3.63) is 35.4 Å². The zero-order valence-corrected chi connectivity index (χ0v) is 20.2. The Morgan fingerprint density at radius 1 is 1.19 bits per heavy atom. The Morgan fingerprint density at radius 2 is 1.92 bits per heavy atom. The SMILES string of the molecule is O=C(O)[C@@H]1C[C@@H](S(=O)(=O)c2ccc(N3CCn4cnnc4C3)cc2Cl)CN1C(=O)C1(C(F)(F)F)CC1. The van der Waals surface area contributed by atoms with Crippen molar-refractivity contribution in [3.8, 4) is 0 Å². The minimum atomic E-state index is -4.84. The van der Waals surface area contributed by atoms with E-state index in [-0.39, 0.29) is 9.92 Å². The number of alkyl halides is 3. The highest BCUT2D eigenvalue weighted by Crippen LogP contribution is 2.59. The van der Waals surface area contributed by atoms with Gasteiger partial charge in [0.15, 0.2) is 15.7 Å². The molecule has 1 aromatic heterocycles. The largest absolute Gasteiger partial charge is 0.480 e. The number of nitrogens with zero attached hydrogens (tertiary/aromatic N) is 5. The van der Waals surface area contributed by atoms with Gasteiger partial charge >= 0.3 is 12.1 Å². The molecule has 2 aromatic rings. The maximum atomic E-state index is 13.5. The van der Waals surface area contributed by atoms with E-state index in [1.807, 2.05) is 9.47 Å². The summed E-state index contributed by atoms with van der Waals surface area (Å²) in [5, 5.41) is 15.9. The molecule has 1 N–H and O–H groups in total. The Hall–Kier alpha value is -2.87. The van der Waals surface area contributed by atoms with E-state index in [0.717, 1.165) is 5.82 Å². The van der Waals surface area contributed by atoms with Crippen molar-refractivity contribution < 1.29 is 36.3 Å². The molecule has 194 valence electrons. The molecule has 36 heavy (non-hydrogen) atoms. The number of carboxylic acid groups (broad SMARTS) is 1. The lowest BCUT2D eigenvalue weighted by atomic mass is 10.0. The number of amides is 1. The highest BCUT2D eigenvalue weighted by Gasteiger charge is 2.70. The molecular formula is C21H21ClF3N5O5S. The van der Waals surface area contributed by atoms with E-state index in [1.165, 1.54) is 12.1 Å². The van der Waals surface area contributed by atoms with Gasteiger partial charge in [0.05, 0.1) is 21.7 Å². The zero-order valence-electron chi connectivity index (χ0n) is 18.7. The van der Waals surface area contributed by atoms with E-state index in [2.05, 4.69) is 10.2 Å². The second-order valence-corrected chi connectivity index (χ2v) is 11.9. The number of halogens is 4. The summed E-state index contributed by atoms with van der Waals surface area (Å²) in [5.74, 6) is -2.21. The standard InChI is InChI=1S/C21H21ClF3N5O5S/c22-14-7-12(28-5-6-29-11-26-27-17(29)10-28)1-2-16(14)36(34,35)13-8-15(18(31)32)30(9-13)19(33)20(3-4-20)21(23,24)25/h1-2,7,11,13,15H,3-6,8-10H2,(H,31,32)/t13-,15+/m1/s1. The van der Waals surface area contributed by atoms with Crippen LogP contribution in [0.25, 0.3) is 0 Å². The summed E-state index contributed by atoms with van der Waals surface area (Å²) in [7, 11) is -4.27. The van der Waals surface area contributed by atoms with E-state index in [1.54, 1.807) is 12.4 Å². The van der Waals surface area contributed by atoms with Crippen LogP contribution in [-0.2, 0) is 32.5 Å². The molecular weight excluding hydrogens is 527 g/mol. The van der Waals surface area contributed by atoms with Crippen molar-refractivity contribution in [1.29, 1.82) is 0 Å². The number of hydrogen-bond acceptors (Lipinski definition) is 7. The summed E-state index contributed by atoms with van der Waals surface area (Å²) in [6.07, 6.45) is -4.65. The first-order valence-corrected chi connectivity index (χ1v) is 13.0. The first-order chi connectivity index (χ1) is 16.8. The topological polar surface area (TPSA) is 126 Å². The monoisotopic (exact) mass is 547 g/mol. The van der Waals surface area contributed by atoms with Crippen LogP contribution in [0.2, 0.25) is 5.02 Å². The van der Waals surface area contributed by atoms with Crippen molar-refractivity contribution >= 4 is 39.0 Å². The average Bonchev–Trinajstić information content (AvgIpc) is 3.30. The molecule has 5 rings (SSSR count). The highest BCUT2D eigenvalue weighted by molar-refractivity contribution is 7.92. The third-order valence-electron chi connectivity index (χ3n) is 7.18. The second kappa shape index (κ2) is 8.33. The van der Waals surface area contributed by atoms with Gasteiger partial charge in [0.25, 0.3) is 0 Å². The summed E-state index contributed by atoms with van der Waals surface area (Å²) in [6, 6.07) is 2.64. The van der Waals surface area contributed by atoms with Crippen molar-refractivity contribution in [2.24, 2.45) is 5.41 Å². The fraction of sp³-hybridized carbons (Fsp3) is 0.524. The molecule has 0 spiro atoms. The van der Waals surface area contributed by atoms with E-state index >= 15 is 0 Å². The van der Waals surface area contributed by atoms with Gasteiger partial charge in [-0.2, -0.15) is 13.2 Å². The van der Waals surface area contributed by atoms with Crippen LogP contribution >= 0.6 is 11.6 Å². The quantitative estimate of drug-likeness (QED) is 0.603. The summed E-state index contributed by atoms with van der Waals surface area (Å²) in [6.45, 7) is 1.01. The number of benzene rings is 1. The maximum absolute atomic E-state index is 13.5. The number of carbonyl (C=O) groups excluding carboxylic acids is 1. The lowest BCUT2D eigenvalue weighted by Gasteiger charge is -2.29. The molecule has 3 heterocycles. The second-order valence-electron chi connectivity index (χ2n) is 9.27. The molecule has 1 saturated heterocycles. The van der Waals surface area contributed by atoms with Gasteiger partial charge in [-0.1, -0.05) is 11.6 Å². The summed E-state index contributed by atoms with van der Waals surface area (Å²) >= 11 is 6.35. The first-order valence-electron chi connectivity index (χ1n) is 11.1. The first kappa shape index (κ1) is 24.8. The fourth-order valence-electron chi connectivity index (χ4n) is 4.88. The van der Waals surface area contributed by atoms with Crippen molar-refractivity contribution in [2.45, 2.75) is 54.7 Å². The van der Waals surface area contributed by atoms with Gasteiger partial charge in [-0.3, -0.25) is 4.79 Å². The summed E-state index contributed by atoms with van der Waals surface area (Å²) in [5.41, 5.74) is -2.00. The van der Waals surface area contributed by atoms with Gasteiger partial charge in [0, 0.05) is 25.3 Å². The number of anilines is 1. The van der Waals surface area contributed by atoms with Crippen LogP contribution in [-0.4, -0.2) is 75.6 Å². The van der Waals surface area contributed by atoms with E-state index in [9.17, 15) is 36.3 Å². The van der Waals surface area contributed by atoms with Crippen molar-refractivity contribution in [2.75, 3.05) is 18.0 Å². The number of hydrogen-bond donors (Lipinski definition) is 1. The van der Waals surface area contributed by atoms with Crippen LogP contribution in [0, 0.1) is 5.41 Å². The zero-order chi connectivity index (χ0) is 26.0. The molecule has 3 aliphatic rings. The molecule has 10 nitrogen and oxygen atoms in total. The third kappa shape index (κ3) is 3.90. The van der Waals surface area contributed by atoms with Gasteiger partial charge < -0.3 is 19.5 Å². The van der Waals surface area contributed by atoms with E-state index in [4.69, 9.17) is 11.6 Å². The number of sulfone groups is 1. The normalized spacial score (nSPS) is 23.4. The van der Waals surface area contributed by atoms with Crippen LogP contribution in [0.1, 0.15) is 25.1 Å². The van der Waals surface area contributed by atoms with Gasteiger partial charge in [0.1, 0.15) is 17.8 Å². The molecule has 1 aliphatic carbocycles. The van der Waals surface area contributed by atoms with Crippen molar-refractivity contribution in [3.63, 3.8) is 0 Å². The number of rotatable bonds is 5. The number of carbonyl (C=O) groups is 2. The number of fused-ring (bicyclic) bond motifs is 1. The van der Waals surface area contributed by atoms with Crippen LogP contribution < -0.4 is 4.90 Å². The summed E-state index contributed by atoms with van der Waals surface area (Å²) < 4.78 is 69.2. The highest BCUT2D eigenvalue weighted by atomic mass is 35.5. The number of likely N-dealkylation sites (tertiary alicyclic amines) is 1. The van der Waals surface area contributed by atoms with Gasteiger partial charge in [-0.25, -0.2) is 13.2 Å². The van der Waals surface area contributed by atoms with Crippen LogP contribution in [0.15, 0.2) is 29.4 Å². The van der Waals surface area contributed by atoms with E-state index < -0.39 is 70.4 Å². The Kier molecular flexibility index (Phi) is 5.74. The molecule has 0 bridgehead atoms. The molecule has 0 radical (unpaired) electrons. The van der Waals surface area contributed by atoms with Crippen LogP contribution in [0.4, 0.5) is 18.9 Å². The lowest BCUT2D eigenvalue weighted by molar-refractivity contribution is -0.199. The summed E-state index contributed by atoms with van der Waals surface area (Å²) in [4.78, 5) is 26.7. The Bertz CT molecular complexity index is 1340. The lowest BCUT2D eigenvalue weighted by Crippen LogP contribution is -2.48. The fourth-order valence-corrected chi connectivity index (χ4v) is 7.12. The molecule has 1 aromatic carbocycles. The van der Waals surface area contributed by atoms with Crippen LogP contribution in [0.5, 0.6) is 0 Å². The number of carboxylic acids is 1. The number of aliphatic carboxylic acids is 1. The minimum Gasteiger partial charge on any atom is -0.480 e. The smallest absolute Gasteiger partial charge is 0.403 e. The van der Waals surface area contributed by atoms with Crippen molar-refractivity contribution in [1.82, 2.24) is 19.7 Å². The molecule has 2 aliphatic heterocycles. The van der Waals surface area contributed by atoms with Gasteiger partial charge in [-0.15, -0.1) is 10.2 Å². The van der Waals surface area contributed by atoms with E-state index in [0.29, 0.717) is 30.2 Å². The molecule has 0 unspecified atom stereocenters. The minimum absolute atomic E-state index is 0.106. The third-order valence-corrected chi connectivity index (χ3v) is 9.79. The van der Waals surface area contributed by atoms with Gasteiger partial charge in [0.2, 0.25) is 5.91 Å². The molecule has 15 heteroatoms. The molecule has 2 fully saturated rings. The van der Waals surface area contributed by atoms with Crippen LogP contribution in [0.3, 0.4) is 0 Å². The Morgan fingerprint density at radius 3 is 2.53 bits per heavy atom. The molecule has 2 atom stereocenters. The molecule has 1 amide bonds. The predicted molar refractivity (Wildman–Crippen MR) is 119 cm³/mol. The number of aromatic nitrogens is 3. The van der Waals surface area contributed by atoms with Gasteiger partial charge in [-0.05, 0) is 37.5 Å². The Balaban J connectivity index is 1.39.